The SMILES string of the molecule is O=C(CCCc1c[nH]c2ccccc12)NCC(=O)N([O-])CCCP(=O)(O)O. The maximum atomic E-state index is 11.8. The molecule has 1 heterocycles. The number of rotatable bonds is 10. The van der Waals surface area contributed by atoms with Crippen LogP contribution < -0.4 is 5.32 Å². The van der Waals surface area contributed by atoms with E-state index in [0.29, 0.717) is 12.8 Å². The molecule has 27 heavy (non-hydrogen) atoms. The first-order chi connectivity index (χ1) is 12.8. The van der Waals surface area contributed by atoms with Gasteiger partial charge in [-0.1, -0.05) is 18.2 Å². The van der Waals surface area contributed by atoms with Gasteiger partial charge in [-0.05, 0) is 30.9 Å². The third-order valence-corrected chi connectivity index (χ3v) is 4.95. The fourth-order valence-corrected chi connectivity index (χ4v) is 3.23. The highest BCUT2D eigenvalue weighted by Crippen LogP contribution is 2.34. The number of fused-ring (bicyclic) bond motifs is 1. The van der Waals surface area contributed by atoms with Crippen molar-refractivity contribution in [3.63, 3.8) is 0 Å². The Morgan fingerprint density at radius 2 is 1.96 bits per heavy atom. The number of H-pyrrole nitrogens is 1. The van der Waals surface area contributed by atoms with Gasteiger partial charge < -0.3 is 30.4 Å². The highest BCUT2D eigenvalue weighted by molar-refractivity contribution is 7.51. The van der Waals surface area contributed by atoms with Crippen molar-refractivity contribution in [2.24, 2.45) is 0 Å². The van der Waals surface area contributed by atoms with Crippen LogP contribution in [-0.2, 0) is 20.6 Å². The quantitative estimate of drug-likeness (QED) is 0.354. The van der Waals surface area contributed by atoms with Gasteiger partial charge in [0.15, 0.2) is 0 Å². The van der Waals surface area contributed by atoms with Gasteiger partial charge in [-0.2, -0.15) is 0 Å². The molecule has 10 heteroatoms. The summed E-state index contributed by atoms with van der Waals surface area (Å²) in [4.78, 5) is 44.0. The fourth-order valence-electron chi connectivity index (χ4n) is 2.67. The molecule has 0 aliphatic heterocycles. The molecular formula is C17H23N3O6P-. The van der Waals surface area contributed by atoms with Crippen LogP contribution in [0.25, 0.3) is 10.9 Å². The smallest absolute Gasteiger partial charge is 0.325 e. The second-order valence-electron chi connectivity index (χ2n) is 6.23. The molecule has 1 aromatic heterocycles. The zero-order valence-electron chi connectivity index (χ0n) is 14.8. The van der Waals surface area contributed by atoms with E-state index < -0.39 is 26.2 Å². The molecule has 9 nitrogen and oxygen atoms in total. The summed E-state index contributed by atoms with van der Waals surface area (Å²) < 4.78 is 10.7. The van der Waals surface area contributed by atoms with Crippen molar-refractivity contribution in [3.05, 3.63) is 41.2 Å². The number of nitrogens with one attached hydrogen (secondary N) is 2. The van der Waals surface area contributed by atoms with E-state index in [1.807, 2.05) is 30.5 Å². The molecule has 4 N–H and O–H groups in total. The summed E-state index contributed by atoms with van der Waals surface area (Å²) in [6.07, 6.45) is 2.90. The van der Waals surface area contributed by atoms with E-state index in [-0.39, 0.29) is 30.4 Å². The molecule has 0 bridgehead atoms. The molecule has 0 saturated carbocycles. The van der Waals surface area contributed by atoms with Crippen LogP contribution in [-0.4, -0.2) is 50.9 Å². The molecule has 0 fully saturated rings. The molecular weight excluding hydrogens is 373 g/mol. The van der Waals surface area contributed by atoms with Gasteiger partial charge in [0.1, 0.15) is 0 Å². The Hall–Kier alpha value is -2.19. The number of nitrogens with zero attached hydrogens (tertiary/aromatic N) is 1. The Labute approximate surface area is 156 Å². The first kappa shape index (κ1) is 21.1. The van der Waals surface area contributed by atoms with Crippen LogP contribution in [0, 0.1) is 5.21 Å². The normalized spacial score (nSPS) is 11.5. The average molecular weight is 396 g/mol. The summed E-state index contributed by atoms with van der Waals surface area (Å²) in [6.45, 7) is -0.744. The van der Waals surface area contributed by atoms with Crippen LogP contribution in [0.5, 0.6) is 0 Å². The second kappa shape index (κ2) is 9.66. The molecule has 2 amide bonds. The van der Waals surface area contributed by atoms with Crippen LogP contribution >= 0.6 is 7.60 Å². The number of aromatic nitrogens is 1. The predicted octanol–water partition coefficient (Wildman–Crippen LogP) is 1.50. The van der Waals surface area contributed by atoms with E-state index in [4.69, 9.17) is 9.79 Å². The topological polar surface area (TPSA) is 146 Å². The highest BCUT2D eigenvalue weighted by atomic mass is 31.2. The van der Waals surface area contributed by atoms with Crippen molar-refractivity contribution in [1.29, 1.82) is 0 Å². The number of aryl methyl sites for hydroxylation is 1. The standard InChI is InChI=1S/C17H23N3O6P/c21-16(19-12-17(22)20(23)9-4-10-27(24,25)26)8-3-5-13-11-18-15-7-2-1-6-14(13)15/h1-2,6-7,11,18H,3-5,8-10,12H2,(H,19,21)(H2,24,25,26)/q-1. The number of aromatic amines is 1. The van der Waals surface area contributed by atoms with Crippen molar-refractivity contribution in [2.75, 3.05) is 19.3 Å². The molecule has 0 atom stereocenters. The molecule has 1 aromatic carbocycles. The number of para-hydroxylation sites is 1. The number of amides is 2. The number of carbonyl (C=O) groups is 2. The molecule has 148 valence electrons. The fraction of sp³-hybridized carbons (Fsp3) is 0.412. The summed E-state index contributed by atoms with van der Waals surface area (Å²) in [5.74, 6) is -1.17. The number of benzene rings is 1. The lowest BCUT2D eigenvalue weighted by Gasteiger charge is -2.28. The average Bonchev–Trinajstić information content (AvgIpc) is 3.02. The summed E-state index contributed by atoms with van der Waals surface area (Å²) in [7, 11) is -4.18. The zero-order chi connectivity index (χ0) is 19.9. The van der Waals surface area contributed by atoms with Crippen LogP contribution in [0.1, 0.15) is 24.8 Å². The summed E-state index contributed by atoms with van der Waals surface area (Å²) in [5, 5.41) is 15.1. The Morgan fingerprint density at radius 1 is 1.22 bits per heavy atom. The Balaban J connectivity index is 1.65. The molecule has 0 unspecified atom stereocenters. The molecule has 2 rings (SSSR count). The molecule has 0 saturated heterocycles. The molecule has 0 aliphatic carbocycles. The van der Waals surface area contributed by atoms with Crippen LogP contribution in [0.3, 0.4) is 0 Å². The summed E-state index contributed by atoms with van der Waals surface area (Å²) in [6, 6.07) is 7.88. The van der Waals surface area contributed by atoms with Gasteiger partial charge >= 0.3 is 7.60 Å². The molecule has 0 aliphatic rings. The maximum absolute atomic E-state index is 11.8. The van der Waals surface area contributed by atoms with Crippen LogP contribution in [0.4, 0.5) is 0 Å². The lowest BCUT2D eigenvalue weighted by atomic mass is 10.1. The zero-order valence-corrected chi connectivity index (χ0v) is 15.7. The van der Waals surface area contributed by atoms with E-state index in [2.05, 4.69) is 10.3 Å². The van der Waals surface area contributed by atoms with Gasteiger partial charge in [-0.3, -0.25) is 14.2 Å². The van der Waals surface area contributed by atoms with Crippen molar-refractivity contribution in [3.8, 4) is 0 Å². The van der Waals surface area contributed by atoms with E-state index in [9.17, 15) is 19.4 Å². The number of hydrogen-bond acceptors (Lipinski definition) is 4. The van der Waals surface area contributed by atoms with Gasteiger partial charge in [-0.25, -0.2) is 0 Å². The number of hydrogen-bond donors (Lipinski definition) is 4. The predicted molar refractivity (Wildman–Crippen MR) is 101 cm³/mol. The Kier molecular flexibility index (Phi) is 7.55. The monoisotopic (exact) mass is 396 g/mol. The second-order valence-corrected chi connectivity index (χ2v) is 8.00. The summed E-state index contributed by atoms with van der Waals surface area (Å²) >= 11 is 0. The Bertz CT molecular complexity index is 831. The largest absolute Gasteiger partial charge is 0.756 e. The Morgan fingerprint density at radius 3 is 2.70 bits per heavy atom. The van der Waals surface area contributed by atoms with Crippen molar-refractivity contribution >= 4 is 30.3 Å². The minimum Gasteiger partial charge on any atom is -0.756 e. The maximum Gasteiger partial charge on any atom is 0.325 e. The van der Waals surface area contributed by atoms with Gasteiger partial charge in [0.05, 0.1) is 12.7 Å². The van der Waals surface area contributed by atoms with E-state index in [1.54, 1.807) is 0 Å². The minimum absolute atomic E-state index is 0.0991. The molecule has 0 radical (unpaired) electrons. The highest BCUT2D eigenvalue weighted by Gasteiger charge is 2.13. The first-order valence-corrected chi connectivity index (χ1v) is 10.4. The van der Waals surface area contributed by atoms with Crippen LogP contribution in [0.15, 0.2) is 30.5 Å². The summed E-state index contributed by atoms with van der Waals surface area (Å²) in [5.41, 5.74) is 2.15. The molecule has 0 spiro atoms. The number of hydroxylamine groups is 2. The van der Waals surface area contributed by atoms with Gasteiger partial charge in [0, 0.05) is 30.1 Å². The van der Waals surface area contributed by atoms with E-state index in [0.717, 1.165) is 16.5 Å². The lowest BCUT2D eigenvalue weighted by molar-refractivity contribution is -0.130. The minimum atomic E-state index is -4.18. The van der Waals surface area contributed by atoms with Gasteiger partial charge in [0.25, 0.3) is 0 Å². The third-order valence-electron chi connectivity index (χ3n) is 4.05. The van der Waals surface area contributed by atoms with E-state index >= 15 is 0 Å². The first-order valence-electron chi connectivity index (χ1n) is 8.60. The van der Waals surface area contributed by atoms with Crippen molar-refractivity contribution in [1.82, 2.24) is 15.4 Å². The van der Waals surface area contributed by atoms with Crippen molar-refractivity contribution in [2.45, 2.75) is 25.7 Å². The van der Waals surface area contributed by atoms with Gasteiger partial charge in [-0.15, -0.1) is 0 Å². The molecule has 2 aromatic rings. The number of carbonyl (C=O) groups excluding carboxylic acids is 2. The van der Waals surface area contributed by atoms with E-state index in [1.165, 1.54) is 0 Å². The third kappa shape index (κ3) is 7.15. The van der Waals surface area contributed by atoms with Crippen molar-refractivity contribution < 1.29 is 23.9 Å². The lowest BCUT2D eigenvalue weighted by Crippen LogP contribution is -2.37. The van der Waals surface area contributed by atoms with Crippen LogP contribution in [0.2, 0.25) is 0 Å². The van der Waals surface area contributed by atoms with Gasteiger partial charge in [0.2, 0.25) is 11.8 Å².